The number of rotatable bonds is 7. The van der Waals surface area contributed by atoms with Gasteiger partial charge in [0.05, 0.1) is 5.52 Å². The summed E-state index contributed by atoms with van der Waals surface area (Å²) in [4.78, 5) is 15.6. The molecule has 2 aromatic rings. The quantitative estimate of drug-likeness (QED) is 0.595. The third kappa shape index (κ3) is 4.75. The molecular formula is C16H19Cl2N3O. The number of pyridine rings is 1. The average molecular weight is 340 g/mol. The molecule has 0 saturated heterocycles. The zero-order chi connectivity index (χ0) is 15.9. The molecule has 6 heteroatoms. The third-order valence-corrected chi connectivity index (χ3v) is 3.72. The monoisotopic (exact) mass is 339 g/mol. The SMILES string of the molecule is CC(Cl)C(=O)NCCCCNc1ccnc2cc(Cl)ccc12. The maximum atomic E-state index is 11.3. The van der Waals surface area contributed by atoms with Gasteiger partial charge in [0.1, 0.15) is 5.38 Å². The number of alkyl halides is 1. The molecule has 4 nitrogen and oxygen atoms in total. The van der Waals surface area contributed by atoms with Crippen molar-refractivity contribution in [2.24, 2.45) is 0 Å². The summed E-state index contributed by atoms with van der Waals surface area (Å²) in [5, 5.41) is 7.44. The Balaban J connectivity index is 1.79. The maximum Gasteiger partial charge on any atom is 0.237 e. The van der Waals surface area contributed by atoms with Gasteiger partial charge in [-0.15, -0.1) is 11.6 Å². The van der Waals surface area contributed by atoms with E-state index in [1.165, 1.54) is 0 Å². The Kier molecular flexibility index (Phi) is 6.28. The Morgan fingerprint density at radius 3 is 2.82 bits per heavy atom. The zero-order valence-corrected chi connectivity index (χ0v) is 13.9. The van der Waals surface area contributed by atoms with Crippen molar-refractivity contribution < 1.29 is 4.79 Å². The molecule has 1 heterocycles. The lowest BCUT2D eigenvalue weighted by Crippen LogP contribution is -2.30. The highest BCUT2D eigenvalue weighted by Crippen LogP contribution is 2.24. The molecule has 0 spiro atoms. The molecule has 1 aromatic heterocycles. The highest BCUT2D eigenvalue weighted by Gasteiger charge is 2.07. The van der Waals surface area contributed by atoms with Gasteiger partial charge in [0.25, 0.3) is 0 Å². The molecule has 0 saturated carbocycles. The number of hydrogen-bond acceptors (Lipinski definition) is 3. The van der Waals surface area contributed by atoms with Crippen molar-refractivity contribution in [1.82, 2.24) is 10.3 Å². The molecule has 0 aliphatic heterocycles. The molecular weight excluding hydrogens is 321 g/mol. The Hall–Kier alpha value is -1.52. The lowest BCUT2D eigenvalue weighted by atomic mass is 10.2. The molecule has 1 atom stereocenters. The van der Waals surface area contributed by atoms with Crippen molar-refractivity contribution in [3.63, 3.8) is 0 Å². The summed E-state index contributed by atoms with van der Waals surface area (Å²) < 4.78 is 0. The molecule has 1 unspecified atom stereocenters. The van der Waals surface area contributed by atoms with E-state index in [1.807, 2.05) is 24.3 Å². The highest BCUT2D eigenvalue weighted by atomic mass is 35.5. The van der Waals surface area contributed by atoms with Gasteiger partial charge in [-0.05, 0) is 44.0 Å². The van der Waals surface area contributed by atoms with Crippen LogP contribution in [0.3, 0.4) is 0 Å². The molecule has 1 aromatic carbocycles. The van der Waals surface area contributed by atoms with E-state index in [4.69, 9.17) is 23.2 Å². The van der Waals surface area contributed by atoms with Gasteiger partial charge in [0, 0.05) is 35.4 Å². The summed E-state index contributed by atoms with van der Waals surface area (Å²) in [5.41, 5.74) is 1.92. The molecule has 0 radical (unpaired) electrons. The first-order valence-electron chi connectivity index (χ1n) is 7.28. The van der Waals surface area contributed by atoms with Gasteiger partial charge in [0.2, 0.25) is 5.91 Å². The number of halogens is 2. The summed E-state index contributed by atoms with van der Waals surface area (Å²) in [6.07, 6.45) is 3.62. The van der Waals surface area contributed by atoms with Crippen molar-refractivity contribution in [2.75, 3.05) is 18.4 Å². The summed E-state index contributed by atoms with van der Waals surface area (Å²) in [6.45, 7) is 3.14. The van der Waals surface area contributed by atoms with Crippen LogP contribution in [-0.2, 0) is 4.79 Å². The molecule has 22 heavy (non-hydrogen) atoms. The van der Waals surface area contributed by atoms with E-state index in [-0.39, 0.29) is 5.91 Å². The number of amides is 1. The van der Waals surface area contributed by atoms with Gasteiger partial charge in [-0.3, -0.25) is 9.78 Å². The van der Waals surface area contributed by atoms with Crippen LogP contribution in [0.5, 0.6) is 0 Å². The van der Waals surface area contributed by atoms with Crippen molar-refractivity contribution in [1.29, 1.82) is 0 Å². The Morgan fingerprint density at radius 1 is 1.27 bits per heavy atom. The van der Waals surface area contributed by atoms with Gasteiger partial charge >= 0.3 is 0 Å². The number of carbonyl (C=O) groups is 1. The standard InChI is InChI=1S/C16H19Cl2N3O/c1-11(17)16(22)21-8-3-2-7-19-14-6-9-20-15-10-12(18)4-5-13(14)15/h4-6,9-11H,2-3,7-8H2,1H3,(H,19,20)(H,21,22). The predicted molar refractivity (Wildman–Crippen MR) is 92.8 cm³/mol. The number of unbranched alkanes of at least 4 members (excludes halogenated alkanes) is 1. The summed E-state index contributed by atoms with van der Waals surface area (Å²) in [7, 11) is 0. The summed E-state index contributed by atoms with van der Waals surface area (Å²) in [6, 6.07) is 7.63. The number of nitrogens with one attached hydrogen (secondary N) is 2. The van der Waals surface area contributed by atoms with Crippen molar-refractivity contribution in [3.8, 4) is 0 Å². The highest BCUT2D eigenvalue weighted by molar-refractivity contribution is 6.31. The minimum atomic E-state index is -0.479. The zero-order valence-electron chi connectivity index (χ0n) is 12.4. The molecule has 0 aliphatic rings. The number of nitrogens with zero attached hydrogens (tertiary/aromatic N) is 1. The van der Waals surface area contributed by atoms with E-state index in [9.17, 15) is 4.79 Å². The molecule has 2 N–H and O–H groups in total. The number of aromatic nitrogens is 1. The van der Waals surface area contributed by atoms with Crippen molar-refractivity contribution in [3.05, 3.63) is 35.5 Å². The van der Waals surface area contributed by atoms with E-state index in [2.05, 4.69) is 15.6 Å². The molecule has 0 fully saturated rings. The second-order valence-corrected chi connectivity index (χ2v) is 6.15. The van der Waals surface area contributed by atoms with E-state index < -0.39 is 5.38 Å². The lowest BCUT2D eigenvalue weighted by molar-refractivity contribution is -0.120. The predicted octanol–water partition coefficient (Wildman–Crippen LogP) is 3.82. The molecule has 0 aliphatic carbocycles. The first-order chi connectivity index (χ1) is 10.6. The fraction of sp³-hybridized carbons (Fsp3) is 0.375. The largest absolute Gasteiger partial charge is 0.384 e. The Labute approximate surface area is 140 Å². The van der Waals surface area contributed by atoms with Gasteiger partial charge < -0.3 is 10.6 Å². The summed E-state index contributed by atoms with van der Waals surface area (Å²) in [5.74, 6) is -0.119. The molecule has 118 valence electrons. The topological polar surface area (TPSA) is 54.0 Å². The van der Waals surface area contributed by atoms with Gasteiger partial charge in [-0.25, -0.2) is 0 Å². The van der Waals surface area contributed by atoms with E-state index in [1.54, 1.807) is 13.1 Å². The fourth-order valence-electron chi connectivity index (χ4n) is 2.10. The van der Waals surface area contributed by atoms with Crippen LogP contribution in [0.4, 0.5) is 5.69 Å². The third-order valence-electron chi connectivity index (χ3n) is 3.28. The Bertz CT molecular complexity index is 646. The van der Waals surface area contributed by atoms with Crippen LogP contribution in [0.1, 0.15) is 19.8 Å². The van der Waals surface area contributed by atoms with Crippen LogP contribution in [0.2, 0.25) is 5.02 Å². The first-order valence-corrected chi connectivity index (χ1v) is 8.09. The number of fused-ring (bicyclic) bond motifs is 1. The first kappa shape index (κ1) is 16.8. The van der Waals surface area contributed by atoms with Crippen LogP contribution in [0.25, 0.3) is 10.9 Å². The average Bonchev–Trinajstić information content (AvgIpc) is 2.50. The van der Waals surface area contributed by atoms with E-state index in [0.717, 1.165) is 36.0 Å². The van der Waals surface area contributed by atoms with Crippen LogP contribution < -0.4 is 10.6 Å². The molecule has 1 amide bonds. The second kappa shape index (κ2) is 8.20. The minimum Gasteiger partial charge on any atom is -0.384 e. The number of carbonyl (C=O) groups excluding carboxylic acids is 1. The smallest absolute Gasteiger partial charge is 0.237 e. The Morgan fingerprint density at radius 2 is 2.05 bits per heavy atom. The normalized spacial score (nSPS) is 12.1. The maximum absolute atomic E-state index is 11.3. The minimum absolute atomic E-state index is 0.119. The van der Waals surface area contributed by atoms with Gasteiger partial charge in [-0.1, -0.05) is 11.6 Å². The van der Waals surface area contributed by atoms with Crippen LogP contribution in [-0.4, -0.2) is 29.4 Å². The molecule has 2 rings (SSSR count). The van der Waals surface area contributed by atoms with Crippen LogP contribution in [0.15, 0.2) is 30.5 Å². The lowest BCUT2D eigenvalue weighted by Gasteiger charge is -2.10. The number of anilines is 1. The van der Waals surface area contributed by atoms with Crippen LogP contribution in [0, 0.1) is 0 Å². The molecule has 0 bridgehead atoms. The number of hydrogen-bond donors (Lipinski definition) is 2. The van der Waals surface area contributed by atoms with Gasteiger partial charge in [0.15, 0.2) is 0 Å². The number of benzene rings is 1. The second-order valence-electron chi connectivity index (χ2n) is 5.06. The van der Waals surface area contributed by atoms with Crippen molar-refractivity contribution in [2.45, 2.75) is 25.1 Å². The van der Waals surface area contributed by atoms with Gasteiger partial charge in [-0.2, -0.15) is 0 Å². The summed E-state index contributed by atoms with van der Waals surface area (Å²) >= 11 is 11.7. The van der Waals surface area contributed by atoms with Crippen LogP contribution >= 0.6 is 23.2 Å². The van der Waals surface area contributed by atoms with E-state index >= 15 is 0 Å². The van der Waals surface area contributed by atoms with E-state index in [0.29, 0.717) is 11.6 Å². The fourth-order valence-corrected chi connectivity index (χ4v) is 2.34. The van der Waals surface area contributed by atoms with Crippen molar-refractivity contribution >= 4 is 45.7 Å².